The van der Waals surface area contributed by atoms with Crippen LogP contribution in [0.3, 0.4) is 0 Å². The summed E-state index contributed by atoms with van der Waals surface area (Å²) >= 11 is 0. The molecule has 1 rings (SSSR count). The van der Waals surface area contributed by atoms with Gasteiger partial charge >= 0.3 is 7.12 Å². The smallest absolute Gasteiger partial charge is 0.403 e. The number of Topliss-reactive ketones (excluding diaryl/α,β-unsaturated/α-hetero) is 1. The van der Waals surface area contributed by atoms with Crippen LogP contribution in [0.25, 0.3) is 0 Å². The number of hydrogen-bond donors (Lipinski definition) is 0. The summed E-state index contributed by atoms with van der Waals surface area (Å²) < 4.78 is 11.7. The van der Waals surface area contributed by atoms with Crippen molar-refractivity contribution in [3.8, 4) is 0 Å². The quantitative estimate of drug-likeness (QED) is 0.514. The average Bonchev–Trinajstić information content (AvgIpc) is 2.45. The maximum atomic E-state index is 11.7. The first-order valence-electron chi connectivity index (χ1n) is 7.16. The van der Waals surface area contributed by atoms with Gasteiger partial charge in [-0.3, -0.25) is 4.79 Å². The van der Waals surface area contributed by atoms with Crippen LogP contribution < -0.4 is 0 Å². The molecule has 1 saturated heterocycles. The zero-order valence-corrected chi connectivity index (χ0v) is 12.5. The molecular formula is C14H27BO3. The summed E-state index contributed by atoms with van der Waals surface area (Å²) in [6.07, 6.45) is 5.26. The molecule has 0 aliphatic carbocycles. The normalized spacial score (nSPS) is 21.3. The van der Waals surface area contributed by atoms with Crippen molar-refractivity contribution < 1.29 is 14.1 Å². The van der Waals surface area contributed by atoms with Gasteiger partial charge in [-0.05, 0) is 40.4 Å². The average molecular weight is 254 g/mol. The number of ketones is 1. The molecule has 0 amide bonds. The fourth-order valence-electron chi connectivity index (χ4n) is 2.06. The standard InChI is InChI=1S/C14H27BO3/c1-6-7-8-9-12(16)10-11-15-17-13(2,3)14(4,5)18-15/h6-11H2,1-5H3. The Hall–Kier alpha value is -0.345. The lowest BCUT2D eigenvalue weighted by molar-refractivity contribution is -0.118. The minimum absolute atomic E-state index is 0.231. The van der Waals surface area contributed by atoms with Crippen molar-refractivity contribution in [2.75, 3.05) is 0 Å². The van der Waals surface area contributed by atoms with Gasteiger partial charge in [-0.1, -0.05) is 19.8 Å². The monoisotopic (exact) mass is 254 g/mol. The van der Waals surface area contributed by atoms with E-state index in [4.69, 9.17) is 9.31 Å². The summed E-state index contributed by atoms with van der Waals surface area (Å²) in [5.74, 6) is 0.332. The summed E-state index contributed by atoms with van der Waals surface area (Å²) in [5.41, 5.74) is -0.578. The van der Waals surface area contributed by atoms with Gasteiger partial charge in [-0.25, -0.2) is 0 Å². The number of rotatable bonds is 7. The van der Waals surface area contributed by atoms with E-state index in [0.29, 0.717) is 24.9 Å². The van der Waals surface area contributed by atoms with E-state index in [9.17, 15) is 4.79 Å². The highest BCUT2D eigenvalue weighted by molar-refractivity contribution is 6.45. The van der Waals surface area contributed by atoms with Gasteiger partial charge in [0.25, 0.3) is 0 Å². The second-order valence-electron chi connectivity index (χ2n) is 6.22. The Morgan fingerprint density at radius 2 is 1.56 bits per heavy atom. The van der Waals surface area contributed by atoms with Gasteiger partial charge in [0.15, 0.2) is 0 Å². The Bertz CT molecular complexity index is 271. The van der Waals surface area contributed by atoms with Crippen molar-refractivity contribution in [1.82, 2.24) is 0 Å². The second kappa shape index (κ2) is 6.20. The Morgan fingerprint density at radius 1 is 1.00 bits per heavy atom. The van der Waals surface area contributed by atoms with E-state index in [1.807, 2.05) is 27.7 Å². The molecule has 1 aliphatic heterocycles. The van der Waals surface area contributed by atoms with E-state index in [0.717, 1.165) is 19.3 Å². The molecule has 0 aromatic heterocycles. The lowest BCUT2D eigenvalue weighted by atomic mass is 9.81. The molecule has 1 heterocycles. The summed E-state index contributed by atoms with van der Waals surface area (Å²) in [5, 5.41) is 0. The maximum Gasteiger partial charge on any atom is 0.458 e. The van der Waals surface area contributed by atoms with E-state index >= 15 is 0 Å². The van der Waals surface area contributed by atoms with Crippen LogP contribution in [0.4, 0.5) is 0 Å². The van der Waals surface area contributed by atoms with Crippen molar-refractivity contribution in [2.45, 2.75) is 84.2 Å². The summed E-state index contributed by atoms with van der Waals surface area (Å²) in [7, 11) is -0.231. The molecule has 0 aromatic carbocycles. The molecule has 4 heteroatoms. The molecule has 1 fully saturated rings. The first kappa shape index (κ1) is 15.7. The maximum absolute atomic E-state index is 11.7. The van der Waals surface area contributed by atoms with Crippen LogP contribution in [0.15, 0.2) is 0 Å². The SMILES string of the molecule is CCCCCC(=O)CCB1OC(C)(C)C(C)(C)O1. The van der Waals surface area contributed by atoms with Gasteiger partial charge in [-0.2, -0.15) is 0 Å². The van der Waals surface area contributed by atoms with Crippen LogP contribution in [0.2, 0.25) is 6.32 Å². The summed E-state index contributed by atoms with van der Waals surface area (Å²) in [4.78, 5) is 11.7. The van der Waals surface area contributed by atoms with Crippen LogP contribution in [-0.4, -0.2) is 24.1 Å². The summed E-state index contributed by atoms with van der Waals surface area (Å²) in [6, 6.07) is 0. The molecule has 0 radical (unpaired) electrons. The molecule has 0 aromatic rings. The summed E-state index contributed by atoms with van der Waals surface area (Å²) in [6.45, 7) is 10.3. The third-order valence-corrected chi connectivity index (χ3v) is 4.02. The molecule has 0 bridgehead atoms. The second-order valence-corrected chi connectivity index (χ2v) is 6.22. The highest BCUT2D eigenvalue weighted by atomic mass is 16.7. The van der Waals surface area contributed by atoms with E-state index in [1.165, 1.54) is 0 Å². The fraction of sp³-hybridized carbons (Fsp3) is 0.929. The first-order valence-corrected chi connectivity index (χ1v) is 7.16. The molecular weight excluding hydrogens is 227 g/mol. The lowest BCUT2D eigenvalue weighted by Crippen LogP contribution is -2.41. The van der Waals surface area contributed by atoms with Crippen LogP contribution in [-0.2, 0) is 14.1 Å². The van der Waals surface area contributed by atoms with E-state index in [-0.39, 0.29) is 18.3 Å². The van der Waals surface area contributed by atoms with Crippen LogP contribution >= 0.6 is 0 Å². The van der Waals surface area contributed by atoms with Crippen LogP contribution in [0.1, 0.15) is 66.7 Å². The van der Waals surface area contributed by atoms with Crippen LogP contribution in [0.5, 0.6) is 0 Å². The lowest BCUT2D eigenvalue weighted by Gasteiger charge is -2.32. The number of hydrogen-bond acceptors (Lipinski definition) is 3. The van der Waals surface area contributed by atoms with Gasteiger partial charge in [0.05, 0.1) is 11.2 Å². The van der Waals surface area contributed by atoms with Crippen molar-refractivity contribution in [1.29, 1.82) is 0 Å². The van der Waals surface area contributed by atoms with Gasteiger partial charge in [0, 0.05) is 12.8 Å². The Morgan fingerprint density at radius 3 is 2.06 bits per heavy atom. The minimum Gasteiger partial charge on any atom is -0.403 e. The fourth-order valence-corrected chi connectivity index (χ4v) is 2.06. The third kappa shape index (κ3) is 4.09. The highest BCUT2D eigenvalue weighted by Crippen LogP contribution is 2.37. The van der Waals surface area contributed by atoms with Crippen LogP contribution in [0, 0.1) is 0 Å². The Kier molecular flexibility index (Phi) is 5.41. The minimum atomic E-state index is -0.289. The topological polar surface area (TPSA) is 35.5 Å². The Balaban J connectivity index is 2.27. The predicted molar refractivity (Wildman–Crippen MR) is 74.7 cm³/mol. The van der Waals surface area contributed by atoms with E-state index in [1.54, 1.807) is 0 Å². The van der Waals surface area contributed by atoms with Crippen molar-refractivity contribution >= 4 is 12.9 Å². The molecule has 0 N–H and O–H groups in total. The zero-order chi connectivity index (χ0) is 13.8. The molecule has 0 atom stereocenters. The molecule has 18 heavy (non-hydrogen) atoms. The Labute approximate surface area is 112 Å². The van der Waals surface area contributed by atoms with Crippen molar-refractivity contribution in [3.05, 3.63) is 0 Å². The molecule has 3 nitrogen and oxygen atoms in total. The highest BCUT2D eigenvalue weighted by Gasteiger charge is 2.50. The largest absolute Gasteiger partial charge is 0.458 e. The number of unbranched alkanes of at least 4 members (excludes halogenated alkanes) is 2. The van der Waals surface area contributed by atoms with Gasteiger partial charge in [0.2, 0.25) is 0 Å². The first-order chi connectivity index (χ1) is 8.28. The molecule has 0 unspecified atom stereocenters. The number of carbonyl (C=O) groups excluding carboxylic acids is 1. The predicted octanol–water partition coefficient (Wildman–Crippen LogP) is 3.62. The van der Waals surface area contributed by atoms with Crippen molar-refractivity contribution in [2.24, 2.45) is 0 Å². The molecule has 104 valence electrons. The molecule has 1 aliphatic rings. The van der Waals surface area contributed by atoms with Crippen molar-refractivity contribution in [3.63, 3.8) is 0 Å². The third-order valence-electron chi connectivity index (χ3n) is 4.02. The molecule has 0 saturated carbocycles. The van der Waals surface area contributed by atoms with E-state index < -0.39 is 0 Å². The van der Waals surface area contributed by atoms with Gasteiger partial charge in [-0.15, -0.1) is 0 Å². The molecule has 0 spiro atoms. The number of carbonyl (C=O) groups is 1. The zero-order valence-electron chi connectivity index (χ0n) is 12.5. The van der Waals surface area contributed by atoms with Gasteiger partial charge in [0.1, 0.15) is 5.78 Å². The van der Waals surface area contributed by atoms with Gasteiger partial charge < -0.3 is 9.31 Å². The van der Waals surface area contributed by atoms with E-state index in [2.05, 4.69) is 6.92 Å².